The number of carbonyl (C=O) groups excluding carboxylic acids is 2. The van der Waals surface area contributed by atoms with Crippen molar-refractivity contribution >= 4 is 27.5 Å². The highest BCUT2D eigenvalue weighted by Crippen LogP contribution is 2.24. The van der Waals surface area contributed by atoms with Crippen molar-refractivity contribution in [2.45, 2.75) is 44.7 Å². The Bertz CT molecular complexity index is 1300. The maximum Gasteiger partial charge on any atom is 0.264 e. The third kappa shape index (κ3) is 7.41. The number of amides is 2. The number of hydrogen-bond donors (Lipinski definition) is 1. The van der Waals surface area contributed by atoms with E-state index in [9.17, 15) is 22.4 Å². The van der Waals surface area contributed by atoms with Gasteiger partial charge in [-0.3, -0.25) is 13.9 Å². The fraction of sp³-hybridized carbons (Fsp3) is 0.310. The molecule has 1 N–H and O–H groups in total. The number of para-hydroxylation sites is 1. The summed E-state index contributed by atoms with van der Waals surface area (Å²) in [5, 5.41) is 2.88. The summed E-state index contributed by atoms with van der Waals surface area (Å²) < 4.78 is 41.9. The van der Waals surface area contributed by atoms with Crippen LogP contribution in [-0.2, 0) is 26.2 Å². The number of anilines is 1. The normalized spacial score (nSPS) is 12.1. The van der Waals surface area contributed by atoms with Gasteiger partial charge in [-0.2, -0.15) is 0 Å². The number of benzene rings is 3. The summed E-state index contributed by atoms with van der Waals surface area (Å²) >= 11 is 0. The van der Waals surface area contributed by atoms with E-state index in [0.29, 0.717) is 24.2 Å². The molecule has 1 atom stereocenters. The summed E-state index contributed by atoms with van der Waals surface area (Å²) in [5.74, 6) is -1.09. The van der Waals surface area contributed by atoms with Crippen molar-refractivity contribution in [3.8, 4) is 0 Å². The van der Waals surface area contributed by atoms with Crippen molar-refractivity contribution in [1.29, 1.82) is 0 Å². The Morgan fingerprint density at radius 2 is 1.47 bits per heavy atom. The van der Waals surface area contributed by atoms with Gasteiger partial charge in [0.25, 0.3) is 10.0 Å². The minimum atomic E-state index is -4.10. The van der Waals surface area contributed by atoms with E-state index in [0.717, 1.165) is 4.31 Å². The first-order chi connectivity index (χ1) is 18.1. The number of nitrogens with one attached hydrogen (secondary N) is 1. The Morgan fingerprint density at radius 3 is 2.03 bits per heavy atom. The fourth-order valence-electron chi connectivity index (χ4n) is 3.97. The number of rotatable bonds is 12. The summed E-state index contributed by atoms with van der Waals surface area (Å²) in [4.78, 5) is 28.5. The first-order valence-electron chi connectivity index (χ1n) is 12.6. The van der Waals surface area contributed by atoms with Gasteiger partial charge in [0, 0.05) is 13.1 Å². The Labute approximate surface area is 224 Å². The average molecular weight is 540 g/mol. The van der Waals surface area contributed by atoms with Crippen molar-refractivity contribution in [2.75, 3.05) is 17.4 Å². The topological polar surface area (TPSA) is 86.8 Å². The molecule has 3 aromatic rings. The van der Waals surface area contributed by atoms with Gasteiger partial charge in [-0.05, 0) is 54.3 Å². The largest absolute Gasteiger partial charge is 0.354 e. The Balaban J connectivity index is 2.00. The molecule has 0 fully saturated rings. The molecule has 9 heteroatoms. The second kappa shape index (κ2) is 13.2. The van der Waals surface area contributed by atoms with Crippen molar-refractivity contribution < 1.29 is 22.4 Å². The lowest BCUT2D eigenvalue weighted by Crippen LogP contribution is -2.52. The standard InChI is InChI=1S/C29H34FN3O4S/c1-4-27(29(35)31-19-22(2)3)32(20-23-15-17-24(30)18-16-23)28(34)21-33(25-11-7-5-8-12-25)38(36,37)26-13-9-6-10-14-26/h5-18,22,27H,4,19-21H2,1-3H3,(H,31,35)/t27-/m1/s1. The molecule has 3 rings (SSSR count). The molecule has 7 nitrogen and oxygen atoms in total. The predicted molar refractivity (Wildman–Crippen MR) is 146 cm³/mol. The summed E-state index contributed by atoms with van der Waals surface area (Å²) in [6.07, 6.45) is 0.313. The Hall–Kier alpha value is -3.72. The summed E-state index contributed by atoms with van der Waals surface area (Å²) in [7, 11) is -4.10. The molecule has 0 aliphatic rings. The van der Waals surface area contributed by atoms with Crippen LogP contribution in [0.1, 0.15) is 32.8 Å². The van der Waals surface area contributed by atoms with Gasteiger partial charge in [0.1, 0.15) is 18.4 Å². The summed E-state index contributed by atoms with van der Waals surface area (Å²) in [5.41, 5.74) is 0.941. The van der Waals surface area contributed by atoms with Gasteiger partial charge in [-0.15, -0.1) is 0 Å². The SMILES string of the molecule is CC[C@H](C(=O)NCC(C)C)N(Cc1ccc(F)cc1)C(=O)CN(c1ccccc1)S(=O)(=O)c1ccccc1. The molecule has 2 amide bonds. The molecule has 0 spiro atoms. The monoisotopic (exact) mass is 539 g/mol. The number of nitrogens with zero attached hydrogens (tertiary/aromatic N) is 2. The first kappa shape index (κ1) is 28.8. The number of halogens is 1. The molecule has 0 saturated carbocycles. The van der Waals surface area contributed by atoms with E-state index in [1.807, 2.05) is 13.8 Å². The molecule has 0 aromatic heterocycles. The molecule has 0 unspecified atom stereocenters. The van der Waals surface area contributed by atoms with Gasteiger partial charge < -0.3 is 10.2 Å². The molecule has 0 radical (unpaired) electrons. The molecule has 0 heterocycles. The van der Waals surface area contributed by atoms with Crippen molar-refractivity contribution in [1.82, 2.24) is 10.2 Å². The quantitative estimate of drug-likeness (QED) is 0.365. The summed E-state index contributed by atoms with van der Waals surface area (Å²) in [6.45, 7) is 5.66. The number of hydrogen-bond acceptors (Lipinski definition) is 4. The zero-order chi connectivity index (χ0) is 27.7. The molecule has 202 valence electrons. The lowest BCUT2D eigenvalue weighted by Gasteiger charge is -2.33. The highest BCUT2D eigenvalue weighted by atomic mass is 32.2. The zero-order valence-corrected chi connectivity index (χ0v) is 22.7. The molecule has 0 saturated heterocycles. The van der Waals surface area contributed by atoms with Crippen LogP contribution in [0.2, 0.25) is 0 Å². The van der Waals surface area contributed by atoms with E-state index in [4.69, 9.17) is 0 Å². The van der Waals surface area contributed by atoms with Gasteiger partial charge in [-0.1, -0.05) is 69.3 Å². The van der Waals surface area contributed by atoms with Gasteiger partial charge in [0.2, 0.25) is 11.8 Å². The number of carbonyl (C=O) groups is 2. The molecular weight excluding hydrogens is 505 g/mol. The summed E-state index contributed by atoms with van der Waals surface area (Å²) in [6, 6.07) is 21.1. The maximum atomic E-state index is 13.9. The van der Waals surface area contributed by atoms with Crippen LogP contribution in [0.5, 0.6) is 0 Å². The van der Waals surface area contributed by atoms with Crippen molar-refractivity contribution in [3.63, 3.8) is 0 Å². The van der Waals surface area contributed by atoms with E-state index in [1.54, 1.807) is 67.6 Å². The second-order valence-corrected chi connectivity index (χ2v) is 11.2. The van der Waals surface area contributed by atoms with Crippen LogP contribution in [0.25, 0.3) is 0 Å². The maximum absolute atomic E-state index is 13.9. The minimum Gasteiger partial charge on any atom is -0.354 e. The lowest BCUT2D eigenvalue weighted by molar-refractivity contribution is -0.140. The first-order valence-corrected chi connectivity index (χ1v) is 14.0. The highest BCUT2D eigenvalue weighted by Gasteiger charge is 2.33. The van der Waals surface area contributed by atoms with Crippen molar-refractivity contribution in [3.05, 3.63) is 96.3 Å². The Kier molecular flexibility index (Phi) is 10.0. The van der Waals surface area contributed by atoms with Crippen LogP contribution in [0.4, 0.5) is 10.1 Å². The number of sulfonamides is 1. The van der Waals surface area contributed by atoms with E-state index in [-0.39, 0.29) is 23.3 Å². The van der Waals surface area contributed by atoms with E-state index in [1.165, 1.54) is 29.2 Å². The molecule has 0 aliphatic carbocycles. The third-order valence-corrected chi connectivity index (χ3v) is 7.78. The second-order valence-electron chi connectivity index (χ2n) is 9.37. The fourth-order valence-corrected chi connectivity index (χ4v) is 5.41. The van der Waals surface area contributed by atoms with Gasteiger partial charge in [0.15, 0.2) is 0 Å². The minimum absolute atomic E-state index is 0.0146. The van der Waals surface area contributed by atoms with E-state index >= 15 is 0 Å². The van der Waals surface area contributed by atoms with E-state index < -0.39 is 34.3 Å². The van der Waals surface area contributed by atoms with Gasteiger partial charge in [0.05, 0.1) is 10.6 Å². The van der Waals surface area contributed by atoms with Crippen LogP contribution in [0, 0.1) is 11.7 Å². The molecule has 38 heavy (non-hydrogen) atoms. The third-order valence-electron chi connectivity index (χ3n) is 5.99. The van der Waals surface area contributed by atoms with E-state index in [2.05, 4.69) is 5.32 Å². The van der Waals surface area contributed by atoms with Gasteiger partial charge in [-0.25, -0.2) is 12.8 Å². The lowest BCUT2D eigenvalue weighted by atomic mass is 10.1. The van der Waals surface area contributed by atoms with Crippen LogP contribution in [0.15, 0.2) is 89.8 Å². The van der Waals surface area contributed by atoms with Crippen LogP contribution >= 0.6 is 0 Å². The molecule has 0 aliphatic heterocycles. The smallest absolute Gasteiger partial charge is 0.264 e. The van der Waals surface area contributed by atoms with Crippen molar-refractivity contribution in [2.24, 2.45) is 5.92 Å². The highest BCUT2D eigenvalue weighted by molar-refractivity contribution is 7.92. The van der Waals surface area contributed by atoms with Crippen LogP contribution < -0.4 is 9.62 Å². The Morgan fingerprint density at radius 1 is 0.895 bits per heavy atom. The zero-order valence-electron chi connectivity index (χ0n) is 21.9. The molecule has 0 bridgehead atoms. The van der Waals surface area contributed by atoms with Crippen LogP contribution in [-0.4, -0.2) is 44.3 Å². The molecular formula is C29H34FN3O4S. The molecule has 3 aromatic carbocycles. The van der Waals surface area contributed by atoms with Gasteiger partial charge >= 0.3 is 0 Å². The predicted octanol–water partition coefficient (Wildman–Crippen LogP) is 4.60. The van der Waals surface area contributed by atoms with Crippen LogP contribution in [0.3, 0.4) is 0 Å². The average Bonchev–Trinajstić information content (AvgIpc) is 2.92.